The van der Waals surface area contributed by atoms with Gasteiger partial charge in [0.15, 0.2) is 5.65 Å². The van der Waals surface area contributed by atoms with Gasteiger partial charge in [0.05, 0.1) is 13.2 Å². The van der Waals surface area contributed by atoms with Crippen molar-refractivity contribution in [2.75, 3.05) is 6.61 Å². The van der Waals surface area contributed by atoms with Crippen LogP contribution in [0.5, 0.6) is 5.75 Å². The molecule has 1 aromatic carbocycles. The van der Waals surface area contributed by atoms with E-state index >= 15 is 0 Å². The molecule has 0 amide bonds. The van der Waals surface area contributed by atoms with Crippen molar-refractivity contribution in [2.24, 2.45) is 0 Å². The second-order valence-corrected chi connectivity index (χ2v) is 5.27. The normalized spacial score (nSPS) is 17.4. The first-order chi connectivity index (χ1) is 10.3. The van der Waals surface area contributed by atoms with Gasteiger partial charge >= 0.3 is 5.69 Å². The highest BCUT2D eigenvalue weighted by molar-refractivity contribution is 5.38. The first-order valence-electron chi connectivity index (χ1n) is 7.09. The van der Waals surface area contributed by atoms with Crippen molar-refractivity contribution >= 4 is 5.65 Å². The molecule has 1 aliphatic heterocycles. The smallest absolute Gasteiger partial charge is 0.350 e. The van der Waals surface area contributed by atoms with Gasteiger partial charge < -0.3 is 4.74 Å². The minimum atomic E-state index is -0.0884. The van der Waals surface area contributed by atoms with Gasteiger partial charge in [0.2, 0.25) is 0 Å². The molecule has 0 radical (unpaired) electrons. The van der Waals surface area contributed by atoms with Crippen molar-refractivity contribution in [3.8, 4) is 5.75 Å². The lowest BCUT2D eigenvalue weighted by molar-refractivity contribution is 0.255. The van der Waals surface area contributed by atoms with Crippen molar-refractivity contribution in [2.45, 2.75) is 18.9 Å². The summed E-state index contributed by atoms with van der Waals surface area (Å²) >= 11 is 0. The second-order valence-electron chi connectivity index (χ2n) is 5.27. The summed E-state index contributed by atoms with van der Waals surface area (Å²) in [5, 5.41) is 4.41. The van der Waals surface area contributed by atoms with E-state index in [4.69, 9.17) is 4.74 Å². The van der Waals surface area contributed by atoms with Crippen molar-refractivity contribution < 1.29 is 4.74 Å². The van der Waals surface area contributed by atoms with E-state index < -0.39 is 0 Å². The number of benzene rings is 1. The molecular weight excluding hydrogens is 266 g/mol. The molecule has 5 nitrogen and oxygen atoms in total. The zero-order chi connectivity index (χ0) is 14.2. The second kappa shape index (κ2) is 4.77. The fourth-order valence-electron chi connectivity index (χ4n) is 2.90. The van der Waals surface area contributed by atoms with Crippen LogP contribution in [0.1, 0.15) is 17.9 Å². The van der Waals surface area contributed by atoms with Crippen LogP contribution in [0.4, 0.5) is 0 Å². The summed E-state index contributed by atoms with van der Waals surface area (Å²) in [6, 6.07) is 13.6. The van der Waals surface area contributed by atoms with E-state index in [1.165, 1.54) is 0 Å². The maximum absolute atomic E-state index is 12.3. The number of ether oxygens (including phenoxy) is 1. The summed E-state index contributed by atoms with van der Waals surface area (Å²) in [5.74, 6) is 1.18. The zero-order valence-electron chi connectivity index (χ0n) is 11.5. The van der Waals surface area contributed by atoms with E-state index in [0.717, 1.165) is 17.7 Å². The minimum absolute atomic E-state index is 0.0884. The summed E-state index contributed by atoms with van der Waals surface area (Å²) in [4.78, 5) is 12.3. The lowest BCUT2D eigenvalue weighted by atomic mass is 9.93. The Morgan fingerprint density at radius 1 is 1.19 bits per heavy atom. The number of nitrogens with zero attached hydrogens (tertiary/aromatic N) is 3. The number of fused-ring (bicyclic) bond motifs is 2. The fourth-order valence-corrected chi connectivity index (χ4v) is 2.90. The van der Waals surface area contributed by atoms with E-state index in [1.54, 1.807) is 15.3 Å². The Bertz CT molecular complexity index is 850. The third-order valence-corrected chi connectivity index (χ3v) is 3.96. The molecule has 0 aliphatic carbocycles. The molecule has 106 valence electrons. The molecule has 5 heteroatoms. The first kappa shape index (κ1) is 12.2. The summed E-state index contributed by atoms with van der Waals surface area (Å²) in [7, 11) is 0. The molecule has 1 atom stereocenters. The molecular formula is C16H15N3O2. The average Bonchev–Trinajstić information content (AvgIpc) is 2.85. The molecule has 1 unspecified atom stereocenters. The van der Waals surface area contributed by atoms with E-state index in [-0.39, 0.29) is 11.6 Å². The van der Waals surface area contributed by atoms with E-state index in [1.807, 2.05) is 36.4 Å². The van der Waals surface area contributed by atoms with Crippen LogP contribution in [0.25, 0.3) is 5.65 Å². The third-order valence-electron chi connectivity index (χ3n) is 3.96. The molecule has 0 saturated carbocycles. The maximum atomic E-state index is 12.3. The van der Waals surface area contributed by atoms with E-state index in [0.29, 0.717) is 18.8 Å². The highest BCUT2D eigenvalue weighted by Crippen LogP contribution is 2.33. The van der Waals surface area contributed by atoms with Crippen LogP contribution in [0, 0.1) is 0 Å². The van der Waals surface area contributed by atoms with Crippen LogP contribution in [0.3, 0.4) is 0 Å². The molecule has 21 heavy (non-hydrogen) atoms. The average molecular weight is 281 g/mol. The number of pyridine rings is 1. The van der Waals surface area contributed by atoms with Crippen molar-refractivity contribution in [3.63, 3.8) is 0 Å². The standard InChI is InChI=1S/C16H15N3O2/c20-16-18-9-4-3-7-15(18)17-19(16)11-12-8-10-21-14-6-2-1-5-13(12)14/h1-7,9,12H,8,10-11H2. The first-order valence-corrected chi connectivity index (χ1v) is 7.09. The molecule has 0 spiro atoms. The summed E-state index contributed by atoms with van der Waals surface area (Å²) in [5.41, 5.74) is 1.75. The number of rotatable bonds is 2. The van der Waals surface area contributed by atoms with Crippen molar-refractivity contribution in [1.82, 2.24) is 14.2 Å². The fraction of sp³-hybridized carbons (Fsp3) is 0.250. The maximum Gasteiger partial charge on any atom is 0.350 e. The van der Waals surface area contributed by atoms with E-state index in [9.17, 15) is 4.79 Å². The highest BCUT2D eigenvalue weighted by atomic mass is 16.5. The predicted octanol–water partition coefficient (Wildman–Crippen LogP) is 2.06. The van der Waals surface area contributed by atoms with Crippen LogP contribution in [0.2, 0.25) is 0 Å². The van der Waals surface area contributed by atoms with Gasteiger partial charge in [-0.15, -0.1) is 5.10 Å². The molecule has 0 saturated heterocycles. The molecule has 1 aliphatic rings. The Kier molecular flexibility index (Phi) is 2.77. The Hall–Kier alpha value is -2.56. The number of para-hydroxylation sites is 1. The van der Waals surface area contributed by atoms with Gasteiger partial charge in [0.1, 0.15) is 5.75 Å². The highest BCUT2D eigenvalue weighted by Gasteiger charge is 2.22. The summed E-state index contributed by atoms with van der Waals surface area (Å²) in [6.45, 7) is 1.27. The van der Waals surface area contributed by atoms with Gasteiger partial charge in [0.25, 0.3) is 0 Å². The third kappa shape index (κ3) is 2.01. The molecule has 0 bridgehead atoms. The van der Waals surface area contributed by atoms with Gasteiger partial charge in [-0.2, -0.15) is 0 Å². The largest absolute Gasteiger partial charge is 0.493 e. The monoisotopic (exact) mass is 281 g/mol. The Morgan fingerprint density at radius 3 is 2.95 bits per heavy atom. The van der Waals surface area contributed by atoms with Crippen molar-refractivity contribution in [1.29, 1.82) is 0 Å². The molecule has 4 rings (SSSR count). The summed E-state index contributed by atoms with van der Waals surface area (Å²) < 4.78 is 8.80. The number of hydrogen-bond acceptors (Lipinski definition) is 3. The van der Waals surface area contributed by atoms with Gasteiger partial charge in [-0.1, -0.05) is 24.3 Å². The number of hydrogen-bond donors (Lipinski definition) is 0. The Labute approximate surface area is 121 Å². The molecule has 3 aromatic rings. The lowest BCUT2D eigenvalue weighted by Gasteiger charge is -2.25. The molecule has 0 N–H and O–H groups in total. The zero-order valence-corrected chi connectivity index (χ0v) is 11.5. The SMILES string of the molecule is O=c1n(CC2CCOc3ccccc32)nc2ccccn12. The number of aromatic nitrogens is 3. The molecule has 0 fully saturated rings. The van der Waals surface area contributed by atoms with Gasteiger partial charge in [-0.3, -0.25) is 4.40 Å². The van der Waals surface area contributed by atoms with Crippen LogP contribution in [-0.4, -0.2) is 20.8 Å². The molecule has 2 aromatic heterocycles. The van der Waals surface area contributed by atoms with Crippen LogP contribution < -0.4 is 10.4 Å². The quantitative estimate of drug-likeness (QED) is 0.722. The Morgan fingerprint density at radius 2 is 2.05 bits per heavy atom. The minimum Gasteiger partial charge on any atom is -0.493 e. The van der Waals surface area contributed by atoms with Crippen molar-refractivity contribution in [3.05, 3.63) is 64.7 Å². The van der Waals surface area contributed by atoms with Crippen LogP contribution in [-0.2, 0) is 6.54 Å². The Balaban J connectivity index is 1.73. The van der Waals surface area contributed by atoms with Gasteiger partial charge in [-0.25, -0.2) is 9.48 Å². The lowest BCUT2D eigenvalue weighted by Crippen LogP contribution is -2.26. The van der Waals surface area contributed by atoms with Gasteiger partial charge in [-0.05, 0) is 30.2 Å². The predicted molar refractivity (Wildman–Crippen MR) is 78.7 cm³/mol. The topological polar surface area (TPSA) is 48.5 Å². The van der Waals surface area contributed by atoms with E-state index in [2.05, 4.69) is 11.2 Å². The summed E-state index contributed by atoms with van der Waals surface area (Å²) in [6.07, 6.45) is 2.65. The van der Waals surface area contributed by atoms with Gasteiger partial charge in [0, 0.05) is 12.1 Å². The van der Waals surface area contributed by atoms with Crippen LogP contribution in [0.15, 0.2) is 53.5 Å². The van der Waals surface area contributed by atoms with Crippen LogP contribution >= 0.6 is 0 Å². The molecule has 3 heterocycles.